The van der Waals surface area contributed by atoms with Crippen molar-refractivity contribution >= 4 is 23.4 Å². The predicted molar refractivity (Wildman–Crippen MR) is 91.2 cm³/mol. The molecular weight excluding hydrogens is 329 g/mol. The van der Waals surface area contributed by atoms with Crippen LogP contribution in [0.4, 0.5) is 4.39 Å². The van der Waals surface area contributed by atoms with Crippen molar-refractivity contribution in [3.05, 3.63) is 69.7 Å². The van der Waals surface area contributed by atoms with Crippen LogP contribution in [0.5, 0.6) is 0 Å². The number of hydrogen-bond donors (Lipinski definition) is 0. The summed E-state index contributed by atoms with van der Waals surface area (Å²) in [4.78, 5) is 25.4. The van der Waals surface area contributed by atoms with Crippen molar-refractivity contribution in [2.75, 3.05) is 6.54 Å². The van der Waals surface area contributed by atoms with Crippen LogP contribution in [0.3, 0.4) is 0 Å². The zero-order valence-electron chi connectivity index (χ0n) is 13.3. The molecule has 0 N–H and O–H groups in total. The standard InChI is InChI=1S/C19H17ClFNO2/c1-12-10-13(7-9-17(12)20)6-8-14(21)11-22-18(23)15-4-2-3-5-16(15)19(22)24/h2-5,7,9-10,14H,6,8,11H2,1H3. The van der Waals surface area contributed by atoms with E-state index in [4.69, 9.17) is 11.6 Å². The quantitative estimate of drug-likeness (QED) is 0.761. The van der Waals surface area contributed by atoms with Gasteiger partial charge in [0.2, 0.25) is 0 Å². The van der Waals surface area contributed by atoms with Gasteiger partial charge in [0.15, 0.2) is 0 Å². The Kier molecular flexibility index (Phi) is 4.67. The van der Waals surface area contributed by atoms with Crippen molar-refractivity contribution in [2.24, 2.45) is 0 Å². The second-order valence-electron chi connectivity index (χ2n) is 5.99. The molecule has 1 atom stereocenters. The highest BCUT2D eigenvalue weighted by atomic mass is 35.5. The molecule has 1 unspecified atom stereocenters. The van der Waals surface area contributed by atoms with E-state index in [-0.39, 0.29) is 13.0 Å². The molecule has 2 aromatic rings. The van der Waals surface area contributed by atoms with Gasteiger partial charge in [0.05, 0.1) is 17.7 Å². The first kappa shape index (κ1) is 16.7. The summed E-state index contributed by atoms with van der Waals surface area (Å²) in [5.41, 5.74) is 2.64. The first-order chi connectivity index (χ1) is 11.5. The highest BCUT2D eigenvalue weighted by molar-refractivity contribution is 6.31. The van der Waals surface area contributed by atoms with Gasteiger partial charge in [-0.3, -0.25) is 14.5 Å². The lowest BCUT2D eigenvalue weighted by Gasteiger charge is -2.17. The number of rotatable bonds is 5. The van der Waals surface area contributed by atoms with Crippen LogP contribution < -0.4 is 0 Å². The van der Waals surface area contributed by atoms with Crippen LogP contribution in [0.1, 0.15) is 38.3 Å². The number of hydrogen-bond acceptors (Lipinski definition) is 2. The Balaban J connectivity index is 1.61. The topological polar surface area (TPSA) is 37.4 Å². The monoisotopic (exact) mass is 345 g/mol. The summed E-state index contributed by atoms with van der Waals surface area (Å²) in [6.45, 7) is 1.69. The molecule has 0 saturated heterocycles. The molecule has 124 valence electrons. The Morgan fingerprint density at radius 3 is 2.29 bits per heavy atom. The van der Waals surface area contributed by atoms with Crippen molar-refractivity contribution < 1.29 is 14.0 Å². The molecule has 0 spiro atoms. The average molecular weight is 346 g/mol. The van der Waals surface area contributed by atoms with E-state index >= 15 is 0 Å². The van der Waals surface area contributed by atoms with Gasteiger partial charge in [-0.15, -0.1) is 0 Å². The van der Waals surface area contributed by atoms with Crippen LogP contribution in [-0.2, 0) is 6.42 Å². The molecule has 0 aliphatic carbocycles. The lowest BCUT2D eigenvalue weighted by molar-refractivity contribution is 0.0608. The highest BCUT2D eigenvalue weighted by Gasteiger charge is 2.36. The van der Waals surface area contributed by atoms with E-state index in [0.29, 0.717) is 22.6 Å². The van der Waals surface area contributed by atoms with Gasteiger partial charge < -0.3 is 0 Å². The van der Waals surface area contributed by atoms with Crippen LogP contribution in [0.2, 0.25) is 5.02 Å². The fourth-order valence-corrected chi connectivity index (χ4v) is 3.00. The summed E-state index contributed by atoms with van der Waals surface area (Å²) in [7, 11) is 0. The van der Waals surface area contributed by atoms with Gasteiger partial charge in [-0.1, -0.05) is 35.9 Å². The number of alkyl halides is 1. The van der Waals surface area contributed by atoms with Crippen LogP contribution in [0, 0.1) is 6.92 Å². The smallest absolute Gasteiger partial charge is 0.261 e. The van der Waals surface area contributed by atoms with E-state index in [0.717, 1.165) is 16.0 Å². The molecule has 1 heterocycles. The SMILES string of the molecule is Cc1cc(CCC(F)CN2C(=O)c3ccccc3C2=O)ccc1Cl. The highest BCUT2D eigenvalue weighted by Crippen LogP contribution is 2.24. The maximum Gasteiger partial charge on any atom is 0.261 e. The van der Waals surface area contributed by atoms with Crippen molar-refractivity contribution in [1.82, 2.24) is 4.90 Å². The summed E-state index contributed by atoms with van der Waals surface area (Å²) in [6.07, 6.45) is -0.486. The third-order valence-electron chi connectivity index (χ3n) is 4.23. The van der Waals surface area contributed by atoms with Crippen molar-refractivity contribution in [3.63, 3.8) is 0 Å². The fourth-order valence-electron chi connectivity index (χ4n) is 2.88. The minimum absolute atomic E-state index is 0.209. The molecule has 0 radical (unpaired) electrons. The third kappa shape index (κ3) is 3.20. The summed E-state index contributed by atoms with van der Waals surface area (Å²) >= 11 is 5.98. The summed E-state index contributed by atoms with van der Waals surface area (Å²) in [5, 5.41) is 0.682. The molecule has 1 aliphatic heterocycles. The zero-order chi connectivity index (χ0) is 17.3. The van der Waals surface area contributed by atoms with Gasteiger partial charge >= 0.3 is 0 Å². The maximum atomic E-state index is 14.3. The summed E-state index contributed by atoms with van der Waals surface area (Å²) < 4.78 is 14.3. The van der Waals surface area contributed by atoms with E-state index in [1.807, 2.05) is 19.1 Å². The number of carbonyl (C=O) groups is 2. The summed E-state index contributed by atoms with van der Waals surface area (Å²) in [5.74, 6) is -0.832. The third-order valence-corrected chi connectivity index (χ3v) is 4.65. The Hall–Kier alpha value is -2.20. The normalized spacial score (nSPS) is 14.9. The number of fused-ring (bicyclic) bond motifs is 1. The lowest BCUT2D eigenvalue weighted by Crippen LogP contribution is -2.35. The minimum atomic E-state index is -1.26. The Morgan fingerprint density at radius 1 is 1.08 bits per heavy atom. The largest absolute Gasteiger partial charge is 0.271 e. The van der Waals surface area contributed by atoms with E-state index in [2.05, 4.69) is 0 Å². The molecule has 5 heteroatoms. The molecule has 0 aromatic heterocycles. The predicted octanol–water partition coefficient (Wildman–Crippen LogP) is 4.22. The molecule has 3 rings (SSSR count). The van der Waals surface area contributed by atoms with Crippen LogP contribution >= 0.6 is 11.6 Å². The number of halogens is 2. The zero-order valence-corrected chi connectivity index (χ0v) is 14.0. The number of amides is 2. The van der Waals surface area contributed by atoms with Gasteiger partial charge in [0.1, 0.15) is 6.17 Å². The number of benzene rings is 2. The van der Waals surface area contributed by atoms with Gasteiger partial charge in [-0.2, -0.15) is 0 Å². The number of aryl methyl sites for hydroxylation is 2. The van der Waals surface area contributed by atoms with E-state index in [9.17, 15) is 14.0 Å². The molecule has 24 heavy (non-hydrogen) atoms. The minimum Gasteiger partial charge on any atom is -0.271 e. The molecule has 3 nitrogen and oxygen atoms in total. The molecule has 2 amide bonds. The molecule has 2 aromatic carbocycles. The van der Waals surface area contributed by atoms with E-state index < -0.39 is 18.0 Å². The Bertz CT molecular complexity index is 771. The second kappa shape index (κ2) is 6.73. The molecule has 0 bridgehead atoms. The van der Waals surface area contributed by atoms with Crippen LogP contribution in [0.25, 0.3) is 0 Å². The van der Waals surface area contributed by atoms with E-state index in [1.54, 1.807) is 30.3 Å². The van der Waals surface area contributed by atoms with Gasteiger partial charge in [-0.25, -0.2) is 4.39 Å². The first-order valence-corrected chi connectivity index (χ1v) is 8.19. The van der Waals surface area contributed by atoms with Crippen LogP contribution in [0.15, 0.2) is 42.5 Å². The number of nitrogens with zero attached hydrogens (tertiary/aromatic N) is 1. The van der Waals surface area contributed by atoms with E-state index in [1.165, 1.54) is 0 Å². The Morgan fingerprint density at radius 2 is 1.71 bits per heavy atom. The number of carbonyl (C=O) groups excluding carboxylic acids is 2. The summed E-state index contributed by atoms with van der Waals surface area (Å²) in [6, 6.07) is 12.2. The van der Waals surface area contributed by atoms with Crippen molar-refractivity contribution in [1.29, 1.82) is 0 Å². The van der Waals surface area contributed by atoms with Gasteiger partial charge in [-0.05, 0) is 49.1 Å². The number of imide groups is 1. The fraction of sp³-hybridized carbons (Fsp3) is 0.263. The van der Waals surface area contributed by atoms with Crippen LogP contribution in [-0.4, -0.2) is 29.4 Å². The second-order valence-corrected chi connectivity index (χ2v) is 6.39. The lowest BCUT2D eigenvalue weighted by atomic mass is 10.0. The molecule has 1 aliphatic rings. The molecular formula is C19H17ClFNO2. The first-order valence-electron chi connectivity index (χ1n) is 7.81. The molecule has 0 fully saturated rings. The average Bonchev–Trinajstić information content (AvgIpc) is 2.81. The Labute approximate surface area is 145 Å². The van der Waals surface area contributed by atoms with Gasteiger partial charge in [0.25, 0.3) is 11.8 Å². The van der Waals surface area contributed by atoms with Crippen molar-refractivity contribution in [2.45, 2.75) is 25.9 Å². The van der Waals surface area contributed by atoms with Gasteiger partial charge in [0, 0.05) is 5.02 Å². The maximum absolute atomic E-state index is 14.3. The molecule has 0 saturated carbocycles. The van der Waals surface area contributed by atoms with Crippen molar-refractivity contribution in [3.8, 4) is 0 Å².